The fourth-order valence-electron chi connectivity index (χ4n) is 3.59. The smallest absolute Gasteiger partial charge is 0.151 e. The quantitative estimate of drug-likeness (QED) is 0.756. The summed E-state index contributed by atoms with van der Waals surface area (Å²) in [6, 6.07) is 16.7. The molecule has 1 unspecified atom stereocenters. The van der Waals surface area contributed by atoms with Crippen molar-refractivity contribution in [3.05, 3.63) is 65.5 Å². The molecule has 0 bridgehead atoms. The van der Waals surface area contributed by atoms with Gasteiger partial charge in [-0.3, -0.25) is 0 Å². The van der Waals surface area contributed by atoms with Crippen molar-refractivity contribution in [1.82, 2.24) is 9.78 Å². The van der Waals surface area contributed by atoms with Crippen LogP contribution in [0.2, 0.25) is 0 Å². The lowest BCUT2D eigenvalue weighted by atomic mass is 10.1. The molecular weight excluding hydrogens is 353 g/mol. The maximum Gasteiger partial charge on any atom is 0.151 e. The Labute approximate surface area is 163 Å². The van der Waals surface area contributed by atoms with Crippen molar-refractivity contribution in [2.75, 3.05) is 18.0 Å². The zero-order valence-electron chi connectivity index (χ0n) is 15.8. The minimum absolute atomic E-state index is 0.0346. The number of piperidine rings is 1. The van der Waals surface area contributed by atoms with Crippen LogP contribution in [0.1, 0.15) is 24.0 Å². The Balaban J connectivity index is 1.82. The molecule has 142 valence electrons. The third-order valence-corrected chi connectivity index (χ3v) is 5.14. The van der Waals surface area contributed by atoms with Gasteiger partial charge in [0.25, 0.3) is 0 Å². The summed E-state index contributed by atoms with van der Waals surface area (Å²) < 4.78 is 16.1. The summed E-state index contributed by atoms with van der Waals surface area (Å²) in [5.74, 6) is 0.300. The minimum atomic E-state index is -0.529. The van der Waals surface area contributed by atoms with Crippen molar-refractivity contribution >= 4 is 5.82 Å². The Morgan fingerprint density at radius 3 is 2.64 bits per heavy atom. The molecule has 2 N–H and O–H groups in total. The molecule has 1 saturated heterocycles. The molecule has 1 fully saturated rings. The standard InChI is InChI=1S/C22H22FN5/c1-15-4-8-19(9-5-15)28-21(16-6-7-17(13-24)20(23)11-16)12-22(26-28)27-10-2-3-18(25)14-27/h4-9,11-12,18H,2-3,10,14,25H2,1H3. The number of anilines is 1. The molecule has 0 saturated carbocycles. The number of benzene rings is 2. The highest BCUT2D eigenvalue weighted by molar-refractivity contribution is 5.67. The SMILES string of the molecule is Cc1ccc(-n2nc(N3CCCC(N)C3)cc2-c2ccc(C#N)c(F)c2)cc1. The number of nitrogens with zero attached hydrogens (tertiary/aromatic N) is 4. The Morgan fingerprint density at radius 2 is 1.96 bits per heavy atom. The summed E-state index contributed by atoms with van der Waals surface area (Å²) in [5, 5.41) is 13.8. The van der Waals surface area contributed by atoms with E-state index in [2.05, 4.69) is 4.90 Å². The molecule has 3 aromatic rings. The third kappa shape index (κ3) is 3.49. The van der Waals surface area contributed by atoms with E-state index in [1.165, 1.54) is 12.1 Å². The van der Waals surface area contributed by atoms with Gasteiger partial charge in [-0.25, -0.2) is 9.07 Å². The Kier molecular flexibility index (Phi) is 4.84. The number of rotatable bonds is 3. The van der Waals surface area contributed by atoms with Gasteiger partial charge in [0.1, 0.15) is 11.9 Å². The van der Waals surface area contributed by atoms with E-state index < -0.39 is 5.82 Å². The summed E-state index contributed by atoms with van der Waals surface area (Å²) in [7, 11) is 0. The topological polar surface area (TPSA) is 70.9 Å². The number of nitriles is 1. The van der Waals surface area contributed by atoms with Crippen LogP contribution in [0, 0.1) is 24.1 Å². The van der Waals surface area contributed by atoms with Gasteiger partial charge in [0.2, 0.25) is 0 Å². The molecule has 0 radical (unpaired) electrons. The number of hydrogen-bond donors (Lipinski definition) is 1. The van der Waals surface area contributed by atoms with Crippen LogP contribution in [0.3, 0.4) is 0 Å². The summed E-state index contributed by atoms with van der Waals surface area (Å²) in [6.07, 6.45) is 2.04. The zero-order valence-corrected chi connectivity index (χ0v) is 15.8. The molecule has 0 aliphatic carbocycles. The number of aryl methyl sites for hydroxylation is 1. The molecular formula is C22H22FN5. The highest BCUT2D eigenvalue weighted by atomic mass is 19.1. The molecule has 2 aromatic carbocycles. The van der Waals surface area contributed by atoms with Crippen molar-refractivity contribution in [1.29, 1.82) is 5.26 Å². The number of aromatic nitrogens is 2. The molecule has 4 rings (SSSR count). The van der Waals surface area contributed by atoms with Crippen LogP contribution in [-0.2, 0) is 0 Å². The number of nitrogens with two attached hydrogens (primary N) is 1. The van der Waals surface area contributed by atoms with E-state index in [1.54, 1.807) is 6.07 Å². The normalized spacial score (nSPS) is 16.8. The van der Waals surface area contributed by atoms with Gasteiger partial charge >= 0.3 is 0 Å². The van der Waals surface area contributed by atoms with Crippen LogP contribution in [0.25, 0.3) is 16.9 Å². The minimum Gasteiger partial charge on any atom is -0.354 e. The zero-order chi connectivity index (χ0) is 19.7. The molecule has 1 aliphatic heterocycles. The largest absolute Gasteiger partial charge is 0.354 e. The van der Waals surface area contributed by atoms with Crippen molar-refractivity contribution in [2.45, 2.75) is 25.8 Å². The summed E-state index contributed by atoms with van der Waals surface area (Å²) >= 11 is 0. The van der Waals surface area contributed by atoms with E-state index in [4.69, 9.17) is 16.1 Å². The maximum atomic E-state index is 14.3. The van der Waals surface area contributed by atoms with E-state index in [0.29, 0.717) is 5.56 Å². The van der Waals surface area contributed by atoms with Gasteiger partial charge in [-0.1, -0.05) is 23.8 Å². The Morgan fingerprint density at radius 1 is 1.18 bits per heavy atom. The fourth-order valence-corrected chi connectivity index (χ4v) is 3.59. The number of hydrogen-bond acceptors (Lipinski definition) is 4. The average molecular weight is 375 g/mol. The van der Waals surface area contributed by atoms with Gasteiger partial charge in [0, 0.05) is 30.8 Å². The van der Waals surface area contributed by atoms with Crippen LogP contribution in [0.4, 0.5) is 10.2 Å². The first-order chi connectivity index (χ1) is 13.5. The Bertz CT molecular complexity index is 1030. The van der Waals surface area contributed by atoms with Crippen molar-refractivity contribution in [3.8, 4) is 23.0 Å². The average Bonchev–Trinajstić information content (AvgIpc) is 3.14. The van der Waals surface area contributed by atoms with E-state index in [9.17, 15) is 4.39 Å². The lowest BCUT2D eigenvalue weighted by Crippen LogP contribution is -2.43. The van der Waals surface area contributed by atoms with Crippen LogP contribution in [0.15, 0.2) is 48.5 Å². The van der Waals surface area contributed by atoms with E-state index in [0.717, 1.165) is 48.7 Å². The van der Waals surface area contributed by atoms with E-state index >= 15 is 0 Å². The van der Waals surface area contributed by atoms with Gasteiger partial charge in [0.05, 0.1) is 16.9 Å². The molecule has 6 heteroatoms. The molecule has 1 atom stereocenters. The highest BCUT2D eigenvalue weighted by Crippen LogP contribution is 2.30. The van der Waals surface area contributed by atoms with Gasteiger partial charge in [-0.2, -0.15) is 5.26 Å². The maximum absolute atomic E-state index is 14.3. The first-order valence-electron chi connectivity index (χ1n) is 9.43. The third-order valence-electron chi connectivity index (χ3n) is 5.14. The van der Waals surface area contributed by atoms with Crippen molar-refractivity contribution in [2.24, 2.45) is 5.73 Å². The lowest BCUT2D eigenvalue weighted by molar-refractivity contribution is 0.502. The van der Waals surface area contributed by atoms with Gasteiger partial charge in [-0.15, -0.1) is 5.10 Å². The second-order valence-electron chi connectivity index (χ2n) is 7.29. The molecule has 5 nitrogen and oxygen atoms in total. The van der Waals surface area contributed by atoms with Crippen molar-refractivity contribution in [3.63, 3.8) is 0 Å². The Hall–Kier alpha value is -3.17. The molecule has 0 amide bonds. The first kappa shape index (κ1) is 18.2. The molecule has 2 heterocycles. The van der Waals surface area contributed by atoms with Gasteiger partial charge in [-0.05, 0) is 44.0 Å². The highest BCUT2D eigenvalue weighted by Gasteiger charge is 2.22. The summed E-state index contributed by atoms with van der Waals surface area (Å²) in [6.45, 7) is 3.69. The number of halogens is 1. The monoisotopic (exact) mass is 375 g/mol. The fraction of sp³-hybridized carbons (Fsp3) is 0.273. The van der Waals surface area contributed by atoms with Crippen LogP contribution in [0.5, 0.6) is 0 Å². The van der Waals surface area contributed by atoms with E-state index in [-0.39, 0.29) is 11.6 Å². The molecule has 28 heavy (non-hydrogen) atoms. The second-order valence-corrected chi connectivity index (χ2v) is 7.29. The van der Waals surface area contributed by atoms with Crippen molar-refractivity contribution < 1.29 is 4.39 Å². The lowest BCUT2D eigenvalue weighted by Gasteiger charge is -2.30. The second kappa shape index (κ2) is 7.45. The predicted octanol–water partition coefficient (Wildman–Crippen LogP) is 3.79. The van der Waals surface area contributed by atoms with Gasteiger partial charge < -0.3 is 10.6 Å². The van der Waals surface area contributed by atoms with E-state index in [1.807, 2.05) is 48.0 Å². The first-order valence-corrected chi connectivity index (χ1v) is 9.43. The predicted molar refractivity (Wildman–Crippen MR) is 108 cm³/mol. The summed E-state index contributed by atoms with van der Waals surface area (Å²) in [5.41, 5.74) is 9.69. The van der Waals surface area contributed by atoms with Crippen LogP contribution >= 0.6 is 0 Å². The van der Waals surface area contributed by atoms with Crippen LogP contribution in [-0.4, -0.2) is 28.9 Å². The molecule has 1 aromatic heterocycles. The molecule has 0 spiro atoms. The molecule has 1 aliphatic rings. The van der Waals surface area contributed by atoms with Gasteiger partial charge in [0.15, 0.2) is 5.82 Å². The summed E-state index contributed by atoms with van der Waals surface area (Å²) in [4.78, 5) is 2.18. The van der Waals surface area contributed by atoms with Crippen LogP contribution < -0.4 is 10.6 Å².